The molecule has 0 saturated heterocycles. The van der Waals surface area contributed by atoms with Gasteiger partial charge in [0.25, 0.3) is 0 Å². The average Bonchev–Trinajstić information content (AvgIpc) is 2.76. The number of halogens is 3. The van der Waals surface area contributed by atoms with Crippen LogP contribution in [-0.4, -0.2) is 45.3 Å². The lowest BCUT2D eigenvalue weighted by Gasteiger charge is -2.22. The van der Waals surface area contributed by atoms with Crippen LogP contribution in [0.15, 0.2) is 30.6 Å². The van der Waals surface area contributed by atoms with Crippen molar-refractivity contribution in [3.8, 4) is 0 Å². The molecule has 2 aromatic rings. The van der Waals surface area contributed by atoms with E-state index in [1.807, 2.05) is 12.1 Å². The van der Waals surface area contributed by atoms with Crippen LogP contribution in [0.25, 0.3) is 5.65 Å². The molecule has 0 bridgehead atoms. The van der Waals surface area contributed by atoms with E-state index in [0.717, 1.165) is 0 Å². The van der Waals surface area contributed by atoms with Crippen LogP contribution in [0.1, 0.15) is 12.1 Å². The molecule has 0 spiro atoms. The maximum absolute atomic E-state index is 12.5. The Labute approximate surface area is 114 Å². The Hall–Kier alpha value is -1.60. The van der Waals surface area contributed by atoms with Crippen LogP contribution in [0, 0.1) is 0 Å². The average molecular weight is 287 g/mol. The summed E-state index contributed by atoms with van der Waals surface area (Å²) in [6.45, 7) is -0.828. The Morgan fingerprint density at radius 3 is 2.75 bits per heavy atom. The van der Waals surface area contributed by atoms with Gasteiger partial charge in [0.15, 0.2) is 0 Å². The molecule has 0 fully saturated rings. The lowest BCUT2D eigenvalue weighted by atomic mass is 10.3. The van der Waals surface area contributed by atoms with Crippen molar-refractivity contribution in [2.75, 3.05) is 19.7 Å². The number of aromatic nitrogens is 2. The van der Waals surface area contributed by atoms with E-state index in [0.29, 0.717) is 17.8 Å². The predicted octanol–water partition coefficient (Wildman–Crippen LogP) is 2.08. The van der Waals surface area contributed by atoms with Gasteiger partial charge in [0.2, 0.25) is 0 Å². The van der Waals surface area contributed by atoms with E-state index >= 15 is 0 Å². The number of hydrogen-bond acceptors (Lipinski definition) is 3. The van der Waals surface area contributed by atoms with Gasteiger partial charge in [-0.1, -0.05) is 6.07 Å². The number of aliphatic hydroxyl groups is 1. The number of rotatable bonds is 6. The fourth-order valence-electron chi connectivity index (χ4n) is 2.05. The van der Waals surface area contributed by atoms with Gasteiger partial charge in [0, 0.05) is 32.1 Å². The van der Waals surface area contributed by atoms with Gasteiger partial charge in [0.05, 0.1) is 12.2 Å². The van der Waals surface area contributed by atoms with Crippen molar-refractivity contribution < 1.29 is 18.3 Å². The van der Waals surface area contributed by atoms with Crippen molar-refractivity contribution in [2.24, 2.45) is 0 Å². The molecule has 7 heteroatoms. The highest BCUT2D eigenvalue weighted by molar-refractivity contribution is 5.39. The van der Waals surface area contributed by atoms with Crippen LogP contribution in [0.2, 0.25) is 0 Å². The highest BCUT2D eigenvalue weighted by Gasteiger charge is 2.30. The molecule has 0 amide bonds. The Morgan fingerprint density at radius 1 is 1.30 bits per heavy atom. The van der Waals surface area contributed by atoms with E-state index < -0.39 is 12.7 Å². The first-order valence-corrected chi connectivity index (χ1v) is 6.30. The lowest BCUT2D eigenvalue weighted by Crippen LogP contribution is -2.35. The maximum atomic E-state index is 12.5. The molecule has 2 aromatic heterocycles. The quantitative estimate of drug-likeness (QED) is 0.884. The maximum Gasteiger partial charge on any atom is 0.401 e. The molecule has 1 N–H and O–H groups in total. The topological polar surface area (TPSA) is 40.8 Å². The van der Waals surface area contributed by atoms with Crippen molar-refractivity contribution in [1.82, 2.24) is 14.3 Å². The normalized spacial score (nSPS) is 12.4. The second kappa shape index (κ2) is 6.23. The SMILES string of the molecule is OCCCN(Cc1cn2ccccc2n1)CC(F)(F)F. The highest BCUT2D eigenvalue weighted by atomic mass is 19.4. The van der Waals surface area contributed by atoms with Crippen LogP contribution < -0.4 is 0 Å². The summed E-state index contributed by atoms with van der Waals surface area (Å²) >= 11 is 0. The smallest absolute Gasteiger partial charge is 0.396 e. The van der Waals surface area contributed by atoms with Crippen LogP contribution in [0.5, 0.6) is 0 Å². The van der Waals surface area contributed by atoms with Crippen LogP contribution in [0.3, 0.4) is 0 Å². The third kappa shape index (κ3) is 4.21. The van der Waals surface area contributed by atoms with Crippen LogP contribution >= 0.6 is 0 Å². The minimum atomic E-state index is -4.26. The van der Waals surface area contributed by atoms with Gasteiger partial charge in [0.1, 0.15) is 5.65 Å². The van der Waals surface area contributed by atoms with Gasteiger partial charge in [-0.15, -0.1) is 0 Å². The molecule has 2 heterocycles. The zero-order chi connectivity index (χ0) is 14.6. The number of nitrogens with zero attached hydrogens (tertiary/aromatic N) is 3. The number of alkyl halides is 3. The minimum Gasteiger partial charge on any atom is -0.396 e. The van der Waals surface area contributed by atoms with Gasteiger partial charge in [-0.3, -0.25) is 4.90 Å². The number of fused-ring (bicyclic) bond motifs is 1. The second-order valence-corrected chi connectivity index (χ2v) is 4.60. The Morgan fingerprint density at radius 2 is 2.10 bits per heavy atom. The van der Waals surface area contributed by atoms with Crippen molar-refractivity contribution in [1.29, 1.82) is 0 Å². The standard InChI is InChI=1S/C13H16F3N3O/c14-13(15,16)10-18(5-3-7-20)8-11-9-19-6-2-1-4-12(19)17-11/h1-2,4,6,9,20H,3,5,7-8,10H2. The molecule has 0 radical (unpaired) electrons. The summed E-state index contributed by atoms with van der Waals surface area (Å²) in [6, 6.07) is 5.45. The van der Waals surface area contributed by atoms with Crippen LogP contribution in [-0.2, 0) is 6.54 Å². The van der Waals surface area contributed by atoms with Crippen LogP contribution in [0.4, 0.5) is 13.2 Å². The first-order chi connectivity index (χ1) is 9.48. The summed E-state index contributed by atoms with van der Waals surface area (Å²) in [5, 5.41) is 8.77. The number of aliphatic hydroxyl groups excluding tert-OH is 1. The van der Waals surface area contributed by atoms with Gasteiger partial charge >= 0.3 is 6.18 Å². The number of pyridine rings is 1. The van der Waals surface area contributed by atoms with E-state index in [1.165, 1.54) is 4.90 Å². The Kier molecular flexibility index (Phi) is 4.61. The summed E-state index contributed by atoms with van der Waals surface area (Å²) < 4.78 is 39.3. The molecular formula is C13H16F3N3O. The molecule has 0 aromatic carbocycles. The number of imidazole rings is 1. The zero-order valence-electron chi connectivity index (χ0n) is 10.8. The van der Waals surface area contributed by atoms with E-state index in [4.69, 9.17) is 5.11 Å². The molecule has 0 unspecified atom stereocenters. The number of hydrogen-bond donors (Lipinski definition) is 1. The molecule has 0 aliphatic heterocycles. The van der Waals surface area contributed by atoms with E-state index in [9.17, 15) is 13.2 Å². The summed E-state index contributed by atoms with van der Waals surface area (Å²) in [5.74, 6) is 0. The fourth-order valence-corrected chi connectivity index (χ4v) is 2.05. The summed E-state index contributed by atoms with van der Waals surface area (Å²) in [5.41, 5.74) is 1.29. The molecule has 0 aliphatic carbocycles. The molecular weight excluding hydrogens is 271 g/mol. The first-order valence-electron chi connectivity index (χ1n) is 6.30. The third-order valence-corrected chi connectivity index (χ3v) is 2.83. The molecule has 0 atom stereocenters. The third-order valence-electron chi connectivity index (χ3n) is 2.83. The zero-order valence-corrected chi connectivity index (χ0v) is 10.8. The predicted molar refractivity (Wildman–Crippen MR) is 68.2 cm³/mol. The van der Waals surface area contributed by atoms with Gasteiger partial charge < -0.3 is 9.51 Å². The Bertz CT molecular complexity index is 520. The van der Waals surface area contributed by atoms with Gasteiger partial charge in [-0.05, 0) is 18.6 Å². The van der Waals surface area contributed by atoms with Gasteiger partial charge in [-0.2, -0.15) is 13.2 Å². The molecule has 4 nitrogen and oxygen atoms in total. The first kappa shape index (κ1) is 14.8. The monoisotopic (exact) mass is 287 g/mol. The minimum absolute atomic E-state index is 0.112. The molecule has 2 rings (SSSR count). The second-order valence-electron chi connectivity index (χ2n) is 4.60. The van der Waals surface area contributed by atoms with Crippen molar-refractivity contribution >= 4 is 5.65 Å². The van der Waals surface area contributed by atoms with Crippen molar-refractivity contribution in [3.05, 3.63) is 36.3 Å². The summed E-state index contributed by atoms with van der Waals surface area (Å²) in [7, 11) is 0. The van der Waals surface area contributed by atoms with E-state index in [-0.39, 0.29) is 19.7 Å². The van der Waals surface area contributed by atoms with Crippen molar-refractivity contribution in [3.63, 3.8) is 0 Å². The summed E-state index contributed by atoms with van der Waals surface area (Å²) in [6.07, 6.45) is -0.427. The highest BCUT2D eigenvalue weighted by Crippen LogP contribution is 2.18. The van der Waals surface area contributed by atoms with Crippen molar-refractivity contribution in [2.45, 2.75) is 19.1 Å². The summed E-state index contributed by atoms with van der Waals surface area (Å²) in [4.78, 5) is 5.53. The van der Waals surface area contributed by atoms with E-state index in [2.05, 4.69) is 4.98 Å². The molecule has 0 aliphatic rings. The largest absolute Gasteiger partial charge is 0.401 e. The molecule has 110 valence electrons. The van der Waals surface area contributed by atoms with E-state index in [1.54, 1.807) is 22.9 Å². The fraction of sp³-hybridized carbons (Fsp3) is 0.462. The Balaban J connectivity index is 2.09. The lowest BCUT2D eigenvalue weighted by molar-refractivity contribution is -0.147. The molecule has 20 heavy (non-hydrogen) atoms. The van der Waals surface area contributed by atoms with Gasteiger partial charge in [-0.25, -0.2) is 4.98 Å². The molecule has 0 saturated carbocycles.